The molecule has 1 saturated heterocycles. The molecule has 1 fully saturated rings. The third kappa shape index (κ3) is 4.19. The first-order valence-corrected chi connectivity index (χ1v) is 7.87. The van der Waals surface area contributed by atoms with Crippen molar-refractivity contribution in [3.8, 4) is 5.75 Å². The highest BCUT2D eigenvalue weighted by Crippen LogP contribution is 2.25. The van der Waals surface area contributed by atoms with Crippen molar-refractivity contribution in [2.45, 2.75) is 39.4 Å². The molecule has 1 aromatic carbocycles. The first-order chi connectivity index (χ1) is 10.2. The van der Waals surface area contributed by atoms with Gasteiger partial charge in [-0.05, 0) is 38.1 Å². The highest BCUT2D eigenvalue weighted by molar-refractivity contribution is 5.38. The number of rotatable bonds is 6. The van der Waals surface area contributed by atoms with Gasteiger partial charge in [0.1, 0.15) is 5.75 Å². The SMILES string of the molecule is CCNC(C)c1ccc(OC)c(CN2CCOCC2C)c1. The summed E-state index contributed by atoms with van der Waals surface area (Å²) in [6, 6.07) is 7.33. The van der Waals surface area contributed by atoms with Crippen LogP contribution in [0.15, 0.2) is 18.2 Å². The van der Waals surface area contributed by atoms with Crippen molar-refractivity contribution in [1.82, 2.24) is 10.2 Å². The van der Waals surface area contributed by atoms with Crippen LogP contribution in [0.5, 0.6) is 5.75 Å². The number of methoxy groups -OCH3 is 1. The monoisotopic (exact) mass is 292 g/mol. The number of benzene rings is 1. The summed E-state index contributed by atoms with van der Waals surface area (Å²) in [5.41, 5.74) is 2.57. The molecule has 118 valence electrons. The predicted molar refractivity (Wildman–Crippen MR) is 85.8 cm³/mol. The van der Waals surface area contributed by atoms with Crippen LogP contribution < -0.4 is 10.1 Å². The molecule has 2 atom stereocenters. The van der Waals surface area contributed by atoms with E-state index in [1.165, 1.54) is 11.1 Å². The van der Waals surface area contributed by atoms with Crippen LogP contribution in [0, 0.1) is 0 Å². The average molecular weight is 292 g/mol. The Labute approximate surface area is 128 Å². The van der Waals surface area contributed by atoms with Gasteiger partial charge in [0.2, 0.25) is 0 Å². The Kier molecular flexibility index (Phi) is 6.03. The minimum absolute atomic E-state index is 0.363. The molecule has 0 saturated carbocycles. The Hall–Kier alpha value is -1.10. The molecule has 4 nitrogen and oxygen atoms in total. The smallest absolute Gasteiger partial charge is 0.123 e. The van der Waals surface area contributed by atoms with E-state index in [1.54, 1.807) is 7.11 Å². The largest absolute Gasteiger partial charge is 0.496 e. The van der Waals surface area contributed by atoms with E-state index >= 15 is 0 Å². The fraction of sp³-hybridized carbons (Fsp3) is 0.647. The lowest BCUT2D eigenvalue weighted by atomic mass is 10.0. The molecule has 1 N–H and O–H groups in total. The zero-order chi connectivity index (χ0) is 15.2. The van der Waals surface area contributed by atoms with E-state index in [-0.39, 0.29) is 0 Å². The summed E-state index contributed by atoms with van der Waals surface area (Å²) in [6.07, 6.45) is 0. The van der Waals surface area contributed by atoms with E-state index in [0.717, 1.165) is 38.6 Å². The van der Waals surface area contributed by atoms with Crippen LogP contribution >= 0.6 is 0 Å². The van der Waals surface area contributed by atoms with Crippen LogP contribution in [0.4, 0.5) is 0 Å². The molecular weight excluding hydrogens is 264 g/mol. The Morgan fingerprint density at radius 2 is 2.29 bits per heavy atom. The topological polar surface area (TPSA) is 33.7 Å². The van der Waals surface area contributed by atoms with Crippen molar-refractivity contribution < 1.29 is 9.47 Å². The van der Waals surface area contributed by atoms with Crippen LogP contribution in [0.25, 0.3) is 0 Å². The Morgan fingerprint density at radius 1 is 1.48 bits per heavy atom. The van der Waals surface area contributed by atoms with Crippen molar-refractivity contribution in [1.29, 1.82) is 0 Å². The second-order valence-corrected chi connectivity index (χ2v) is 5.75. The molecule has 4 heteroatoms. The summed E-state index contributed by atoms with van der Waals surface area (Å²) in [5, 5.41) is 3.46. The van der Waals surface area contributed by atoms with Crippen molar-refractivity contribution >= 4 is 0 Å². The highest BCUT2D eigenvalue weighted by atomic mass is 16.5. The van der Waals surface area contributed by atoms with Gasteiger partial charge in [0.15, 0.2) is 0 Å². The zero-order valence-electron chi connectivity index (χ0n) is 13.7. The van der Waals surface area contributed by atoms with Crippen molar-refractivity contribution in [2.24, 2.45) is 0 Å². The third-order valence-electron chi connectivity index (χ3n) is 4.19. The number of hydrogen-bond acceptors (Lipinski definition) is 4. The summed E-state index contributed by atoms with van der Waals surface area (Å²) in [6.45, 7) is 11.1. The molecule has 0 aliphatic carbocycles. The molecule has 0 radical (unpaired) electrons. The molecule has 0 aromatic heterocycles. The van der Waals surface area contributed by atoms with E-state index in [1.807, 2.05) is 0 Å². The molecule has 21 heavy (non-hydrogen) atoms. The van der Waals surface area contributed by atoms with Crippen LogP contribution in [-0.2, 0) is 11.3 Å². The quantitative estimate of drug-likeness (QED) is 0.874. The Balaban J connectivity index is 2.17. The van der Waals surface area contributed by atoms with Crippen LogP contribution in [-0.4, -0.2) is 44.4 Å². The van der Waals surface area contributed by atoms with Crippen LogP contribution in [0.3, 0.4) is 0 Å². The summed E-state index contributed by atoms with van der Waals surface area (Å²) in [7, 11) is 1.75. The number of hydrogen-bond donors (Lipinski definition) is 1. The minimum atomic E-state index is 0.363. The normalized spacial score (nSPS) is 21.2. The number of nitrogens with zero attached hydrogens (tertiary/aromatic N) is 1. The number of ether oxygens (including phenoxy) is 2. The predicted octanol–water partition coefficient (Wildman–Crippen LogP) is 2.59. The molecule has 0 spiro atoms. The Bertz CT molecular complexity index is 450. The van der Waals surface area contributed by atoms with E-state index in [0.29, 0.717) is 12.1 Å². The van der Waals surface area contributed by atoms with Gasteiger partial charge in [-0.25, -0.2) is 0 Å². The van der Waals surface area contributed by atoms with Gasteiger partial charge >= 0.3 is 0 Å². The maximum atomic E-state index is 5.54. The van der Waals surface area contributed by atoms with Crippen molar-refractivity contribution in [3.63, 3.8) is 0 Å². The molecular formula is C17H28N2O2. The molecule has 0 amide bonds. The average Bonchev–Trinajstić information content (AvgIpc) is 2.50. The number of nitrogens with one attached hydrogen (secondary N) is 1. The fourth-order valence-electron chi connectivity index (χ4n) is 2.83. The molecule has 2 unspecified atom stereocenters. The van der Waals surface area contributed by atoms with Gasteiger partial charge < -0.3 is 14.8 Å². The van der Waals surface area contributed by atoms with E-state index in [4.69, 9.17) is 9.47 Å². The first kappa shape index (κ1) is 16.3. The molecule has 2 rings (SSSR count). The van der Waals surface area contributed by atoms with E-state index < -0.39 is 0 Å². The van der Waals surface area contributed by atoms with Gasteiger partial charge in [-0.15, -0.1) is 0 Å². The second-order valence-electron chi connectivity index (χ2n) is 5.75. The lowest BCUT2D eigenvalue weighted by molar-refractivity contribution is -0.00465. The summed E-state index contributed by atoms with van der Waals surface area (Å²) < 4.78 is 11.1. The van der Waals surface area contributed by atoms with Crippen LogP contribution in [0.1, 0.15) is 37.9 Å². The molecule has 1 aliphatic rings. The van der Waals surface area contributed by atoms with Crippen molar-refractivity contribution in [2.75, 3.05) is 33.4 Å². The van der Waals surface area contributed by atoms with Crippen LogP contribution in [0.2, 0.25) is 0 Å². The fourth-order valence-corrected chi connectivity index (χ4v) is 2.83. The summed E-state index contributed by atoms with van der Waals surface area (Å²) >= 11 is 0. The summed E-state index contributed by atoms with van der Waals surface area (Å²) in [4.78, 5) is 2.46. The van der Waals surface area contributed by atoms with Gasteiger partial charge in [-0.1, -0.05) is 13.0 Å². The molecule has 1 aliphatic heterocycles. The standard InChI is InChI=1S/C17H28N2O2/c1-5-18-14(3)15-6-7-17(20-4)16(10-15)11-19-8-9-21-12-13(19)2/h6-7,10,13-14,18H,5,8-9,11-12H2,1-4H3. The van der Waals surface area contributed by atoms with Crippen molar-refractivity contribution in [3.05, 3.63) is 29.3 Å². The van der Waals surface area contributed by atoms with Gasteiger partial charge in [-0.2, -0.15) is 0 Å². The lowest BCUT2D eigenvalue weighted by Gasteiger charge is -2.33. The molecule has 0 bridgehead atoms. The Morgan fingerprint density at radius 3 is 2.95 bits per heavy atom. The summed E-state index contributed by atoms with van der Waals surface area (Å²) in [5.74, 6) is 0.973. The first-order valence-electron chi connectivity index (χ1n) is 7.87. The highest BCUT2D eigenvalue weighted by Gasteiger charge is 2.20. The molecule has 1 heterocycles. The van der Waals surface area contributed by atoms with Gasteiger partial charge in [-0.3, -0.25) is 4.90 Å². The minimum Gasteiger partial charge on any atom is -0.496 e. The van der Waals surface area contributed by atoms with Gasteiger partial charge in [0.25, 0.3) is 0 Å². The zero-order valence-corrected chi connectivity index (χ0v) is 13.7. The second kappa shape index (κ2) is 7.78. The van der Waals surface area contributed by atoms with Gasteiger partial charge in [0.05, 0.1) is 20.3 Å². The third-order valence-corrected chi connectivity index (χ3v) is 4.19. The van der Waals surface area contributed by atoms with E-state index in [9.17, 15) is 0 Å². The lowest BCUT2D eigenvalue weighted by Crippen LogP contribution is -2.43. The molecule has 1 aromatic rings. The number of morpholine rings is 1. The van der Waals surface area contributed by atoms with E-state index in [2.05, 4.69) is 49.2 Å². The van der Waals surface area contributed by atoms with Gasteiger partial charge in [0, 0.05) is 30.7 Å². The maximum absolute atomic E-state index is 5.54. The maximum Gasteiger partial charge on any atom is 0.123 e.